The van der Waals surface area contributed by atoms with Gasteiger partial charge < -0.3 is 4.90 Å². The maximum Gasteiger partial charge on any atom is 0.254 e. The monoisotopic (exact) mass is 288 g/mol. The Kier molecular flexibility index (Phi) is 3.80. The van der Waals surface area contributed by atoms with Crippen molar-refractivity contribution in [3.63, 3.8) is 0 Å². The van der Waals surface area contributed by atoms with Gasteiger partial charge >= 0.3 is 0 Å². The second-order valence-corrected chi connectivity index (χ2v) is 6.37. The Balaban J connectivity index is 1.88. The van der Waals surface area contributed by atoms with Crippen LogP contribution in [0.2, 0.25) is 0 Å². The summed E-state index contributed by atoms with van der Waals surface area (Å²) in [5, 5.41) is 4.65. The molecule has 0 N–H and O–H groups in total. The zero-order chi connectivity index (χ0) is 15.0. The molecule has 0 saturated carbocycles. The van der Waals surface area contributed by atoms with Crippen LogP contribution in [0.25, 0.3) is 5.78 Å². The van der Waals surface area contributed by atoms with Crippen molar-refractivity contribution in [2.75, 3.05) is 32.1 Å². The summed E-state index contributed by atoms with van der Waals surface area (Å²) in [6.45, 7) is 7.42. The quantitative estimate of drug-likeness (QED) is 0.861. The lowest BCUT2D eigenvalue weighted by Crippen LogP contribution is -2.34. The number of nitrogens with zero attached hydrogens (tertiary/aromatic N) is 6. The molecule has 2 aromatic heterocycles. The van der Waals surface area contributed by atoms with E-state index in [4.69, 9.17) is 0 Å². The van der Waals surface area contributed by atoms with E-state index in [-0.39, 0.29) is 0 Å². The van der Waals surface area contributed by atoms with Crippen LogP contribution in [0.5, 0.6) is 0 Å². The molecule has 6 nitrogen and oxygen atoms in total. The van der Waals surface area contributed by atoms with E-state index in [1.807, 2.05) is 36.5 Å². The average molecular weight is 288 g/mol. The number of hydrogen-bond acceptors (Lipinski definition) is 5. The minimum absolute atomic E-state index is 0.693. The van der Waals surface area contributed by atoms with Crippen LogP contribution in [0.15, 0.2) is 6.07 Å². The third kappa shape index (κ3) is 3.00. The number of rotatable bonds is 3. The maximum absolute atomic E-state index is 4.65. The molecule has 0 radical (unpaired) electrons. The largest absolute Gasteiger partial charge is 0.363 e. The van der Waals surface area contributed by atoms with Gasteiger partial charge in [0.2, 0.25) is 0 Å². The summed E-state index contributed by atoms with van der Waals surface area (Å²) in [6.07, 6.45) is 2.61. The van der Waals surface area contributed by atoms with Crippen LogP contribution in [-0.2, 0) is 6.54 Å². The van der Waals surface area contributed by atoms with Gasteiger partial charge in [0.25, 0.3) is 5.78 Å². The summed E-state index contributed by atoms with van der Waals surface area (Å²) in [5.41, 5.74) is 0.969. The van der Waals surface area contributed by atoms with Crippen LogP contribution in [0.3, 0.4) is 0 Å². The molecule has 0 aromatic carbocycles. The molecule has 3 rings (SSSR count). The molecule has 6 heteroatoms. The molecule has 1 saturated heterocycles. The van der Waals surface area contributed by atoms with Crippen LogP contribution in [0, 0.1) is 12.8 Å². The molecule has 3 heterocycles. The average Bonchev–Trinajstić information content (AvgIpc) is 2.79. The number of aryl methyl sites for hydroxylation is 1. The molecule has 0 unspecified atom stereocenters. The van der Waals surface area contributed by atoms with Gasteiger partial charge in [0.05, 0.1) is 6.54 Å². The summed E-state index contributed by atoms with van der Waals surface area (Å²) in [4.78, 5) is 13.6. The summed E-state index contributed by atoms with van der Waals surface area (Å²) < 4.78 is 1.84. The number of fused-ring (bicyclic) bond motifs is 1. The van der Waals surface area contributed by atoms with Crippen LogP contribution in [0.4, 0.5) is 5.82 Å². The highest BCUT2D eigenvalue weighted by Crippen LogP contribution is 2.18. The standard InChI is InChI=1S/C15H24N6/c1-11-6-5-7-20(9-11)10-13-17-15-16-12(2)8-14(19(3)4)21(15)18-13/h8,11H,5-7,9-10H2,1-4H3/t11-/m0/s1. The first-order chi connectivity index (χ1) is 10.0. The predicted octanol–water partition coefficient (Wildman–Crippen LogP) is 1.73. The summed E-state index contributed by atoms with van der Waals surface area (Å²) >= 11 is 0. The van der Waals surface area contributed by atoms with Crippen molar-refractivity contribution < 1.29 is 0 Å². The SMILES string of the molecule is Cc1cc(N(C)C)n2nc(CN3CCC[C@H](C)C3)nc2n1. The Hall–Kier alpha value is -1.69. The normalized spacial score (nSPS) is 20.1. The van der Waals surface area contributed by atoms with Crippen molar-refractivity contribution in [1.82, 2.24) is 24.5 Å². The van der Waals surface area contributed by atoms with Gasteiger partial charge in [-0.3, -0.25) is 4.90 Å². The molecule has 0 spiro atoms. The van der Waals surface area contributed by atoms with Gasteiger partial charge in [0, 0.05) is 32.4 Å². The van der Waals surface area contributed by atoms with Crippen molar-refractivity contribution >= 4 is 11.6 Å². The van der Waals surface area contributed by atoms with Crippen molar-refractivity contribution in [3.05, 3.63) is 17.6 Å². The van der Waals surface area contributed by atoms with E-state index >= 15 is 0 Å². The van der Waals surface area contributed by atoms with E-state index in [0.29, 0.717) is 5.78 Å². The first kappa shape index (κ1) is 14.3. The fraction of sp³-hybridized carbons (Fsp3) is 0.667. The number of piperidine rings is 1. The van der Waals surface area contributed by atoms with E-state index in [1.165, 1.54) is 12.8 Å². The number of aromatic nitrogens is 4. The third-order valence-corrected chi connectivity index (χ3v) is 4.03. The molecular weight excluding hydrogens is 264 g/mol. The zero-order valence-electron chi connectivity index (χ0n) is 13.4. The molecule has 0 bridgehead atoms. The van der Waals surface area contributed by atoms with Gasteiger partial charge in [-0.1, -0.05) is 6.92 Å². The van der Waals surface area contributed by atoms with Gasteiger partial charge in [-0.05, 0) is 32.2 Å². The predicted molar refractivity (Wildman–Crippen MR) is 83.5 cm³/mol. The van der Waals surface area contributed by atoms with Crippen LogP contribution in [-0.4, -0.2) is 51.7 Å². The van der Waals surface area contributed by atoms with E-state index in [1.54, 1.807) is 0 Å². The Bertz CT molecular complexity index is 632. The van der Waals surface area contributed by atoms with Crippen LogP contribution in [0.1, 0.15) is 31.3 Å². The molecular formula is C15H24N6. The first-order valence-electron chi connectivity index (χ1n) is 7.66. The zero-order valence-corrected chi connectivity index (χ0v) is 13.4. The van der Waals surface area contributed by atoms with E-state index in [9.17, 15) is 0 Å². The summed E-state index contributed by atoms with van der Waals surface area (Å²) in [7, 11) is 4.03. The molecule has 1 aliphatic heterocycles. The lowest BCUT2D eigenvalue weighted by atomic mass is 10.0. The van der Waals surface area contributed by atoms with Crippen LogP contribution >= 0.6 is 0 Å². The molecule has 1 fully saturated rings. The fourth-order valence-electron chi connectivity index (χ4n) is 3.03. The molecule has 1 atom stereocenters. The first-order valence-corrected chi connectivity index (χ1v) is 7.66. The van der Waals surface area contributed by atoms with E-state index < -0.39 is 0 Å². The smallest absolute Gasteiger partial charge is 0.254 e. The molecule has 21 heavy (non-hydrogen) atoms. The fourth-order valence-corrected chi connectivity index (χ4v) is 3.03. The Labute approximate surface area is 125 Å². The summed E-state index contributed by atoms with van der Waals surface area (Å²) in [5.74, 6) is 3.35. The minimum atomic E-state index is 0.693. The molecule has 1 aliphatic rings. The molecule has 0 amide bonds. The second kappa shape index (κ2) is 5.60. The van der Waals surface area contributed by atoms with Gasteiger partial charge in [-0.15, -0.1) is 5.10 Å². The highest BCUT2D eigenvalue weighted by atomic mass is 15.4. The number of hydrogen-bond donors (Lipinski definition) is 0. The Morgan fingerprint density at radius 3 is 2.86 bits per heavy atom. The third-order valence-electron chi connectivity index (χ3n) is 4.03. The highest BCUT2D eigenvalue weighted by molar-refractivity contribution is 5.46. The molecule has 0 aliphatic carbocycles. The van der Waals surface area contributed by atoms with Crippen molar-refractivity contribution in [3.8, 4) is 0 Å². The van der Waals surface area contributed by atoms with Gasteiger partial charge in [-0.25, -0.2) is 4.98 Å². The topological polar surface area (TPSA) is 49.6 Å². The Morgan fingerprint density at radius 2 is 2.14 bits per heavy atom. The lowest BCUT2D eigenvalue weighted by molar-refractivity contribution is 0.173. The van der Waals surface area contributed by atoms with E-state index in [2.05, 4.69) is 26.9 Å². The molecule has 114 valence electrons. The maximum atomic E-state index is 4.65. The van der Waals surface area contributed by atoms with Gasteiger partial charge in [0.15, 0.2) is 5.82 Å². The number of likely N-dealkylation sites (tertiary alicyclic amines) is 1. The Morgan fingerprint density at radius 1 is 1.33 bits per heavy atom. The summed E-state index contributed by atoms with van der Waals surface area (Å²) in [6, 6.07) is 2.04. The van der Waals surface area contributed by atoms with Crippen molar-refractivity contribution in [1.29, 1.82) is 0 Å². The number of anilines is 1. The van der Waals surface area contributed by atoms with Crippen molar-refractivity contribution in [2.45, 2.75) is 33.2 Å². The lowest BCUT2D eigenvalue weighted by Gasteiger charge is -2.29. The van der Waals surface area contributed by atoms with E-state index in [0.717, 1.165) is 42.9 Å². The second-order valence-electron chi connectivity index (χ2n) is 6.37. The van der Waals surface area contributed by atoms with Crippen LogP contribution < -0.4 is 4.90 Å². The molecule has 2 aromatic rings. The van der Waals surface area contributed by atoms with Gasteiger partial charge in [0.1, 0.15) is 5.82 Å². The highest BCUT2D eigenvalue weighted by Gasteiger charge is 2.19. The minimum Gasteiger partial charge on any atom is -0.363 e. The van der Waals surface area contributed by atoms with Crippen molar-refractivity contribution in [2.24, 2.45) is 5.92 Å². The van der Waals surface area contributed by atoms with Gasteiger partial charge in [-0.2, -0.15) is 9.50 Å².